The summed E-state index contributed by atoms with van der Waals surface area (Å²) in [4.78, 5) is 4.42. The van der Waals surface area contributed by atoms with Crippen LogP contribution in [0.15, 0.2) is 17.6 Å². The summed E-state index contributed by atoms with van der Waals surface area (Å²) in [6, 6.07) is 0.568. The Morgan fingerprint density at radius 3 is 2.88 bits per heavy atom. The summed E-state index contributed by atoms with van der Waals surface area (Å²) >= 11 is 1.92. The highest BCUT2D eigenvalue weighted by atomic mass is 32.2. The summed E-state index contributed by atoms with van der Waals surface area (Å²) in [5, 5.41) is 5.28. The van der Waals surface area contributed by atoms with E-state index in [-0.39, 0.29) is 0 Å². The largest absolute Gasteiger partial charge is 0.329 e. The van der Waals surface area contributed by atoms with Gasteiger partial charge in [0.1, 0.15) is 0 Å². The molecule has 96 valence electrons. The average molecular weight is 253 g/mol. The highest BCUT2D eigenvalue weighted by Gasteiger charge is 2.38. The van der Waals surface area contributed by atoms with Crippen molar-refractivity contribution in [2.75, 3.05) is 7.05 Å². The topological polar surface area (TPSA) is 29.9 Å². The minimum Gasteiger partial charge on any atom is -0.329 e. The van der Waals surface area contributed by atoms with Crippen molar-refractivity contribution in [3.05, 3.63) is 12.4 Å². The molecule has 0 spiro atoms. The molecule has 0 aliphatic heterocycles. The Kier molecular flexibility index (Phi) is 3.83. The van der Waals surface area contributed by atoms with Gasteiger partial charge in [-0.1, -0.05) is 32.0 Å². The Morgan fingerprint density at radius 1 is 1.53 bits per heavy atom. The van der Waals surface area contributed by atoms with Crippen molar-refractivity contribution >= 4 is 11.8 Å². The third kappa shape index (κ3) is 2.68. The van der Waals surface area contributed by atoms with Crippen LogP contribution in [0.1, 0.15) is 33.1 Å². The summed E-state index contributed by atoms with van der Waals surface area (Å²) in [6.07, 6.45) is 7.82. The van der Waals surface area contributed by atoms with Crippen LogP contribution in [0.3, 0.4) is 0 Å². The van der Waals surface area contributed by atoms with Gasteiger partial charge in [-0.05, 0) is 25.3 Å². The zero-order valence-electron chi connectivity index (χ0n) is 11.2. The Balaban J connectivity index is 2.12. The number of thioether (sulfide) groups is 1. The highest BCUT2D eigenvalue weighted by molar-refractivity contribution is 7.99. The van der Waals surface area contributed by atoms with E-state index in [4.69, 9.17) is 0 Å². The SMILES string of the molecule is CNC1C(Sc2nccn2C)CCCC1(C)C. The number of rotatable bonds is 3. The van der Waals surface area contributed by atoms with E-state index in [2.05, 4.69) is 42.8 Å². The number of aryl methyl sites for hydroxylation is 1. The molecule has 0 saturated heterocycles. The lowest BCUT2D eigenvalue weighted by Crippen LogP contribution is -2.50. The van der Waals surface area contributed by atoms with Gasteiger partial charge in [0.15, 0.2) is 5.16 Å². The number of imidazole rings is 1. The van der Waals surface area contributed by atoms with Gasteiger partial charge in [-0.25, -0.2) is 4.98 Å². The van der Waals surface area contributed by atoms with Crippen molar-refractivity contribution in [1.29, 1.82) is 0 Å². The van der Waals surface area contributed by atoms with E-state index in [9.17, 15) is 0 Å². The minimum atomic E-state index is 0.385. The first-order valence-electron chi connectivity index (χ1n) is 6.36. The average Bonchev–Trinajstić information content (AvgIpc) is 2.64. The van der Waals surface area contributed by atoms with Crippen molar-refractivity contribution < 1.29 is 0 Å². The minimum absolute atomic E-state index is 0.385. The van der Waals surface area contributed by atoms with Gasteiger partial charge in [-0.3, -0.25) is 0 Å². The van der Waals surface area contributed by atoms with E-state index in [0.29, 0.717) is 16.7 Å². The number of nitrogens with zero attached hydrogens (tertiary/aromatic N) is 2. The molecule has 2 rings (SSSR count). The molecule has 0 radical (unpaired) electrons. The van der Waals surface area contributed by atoms with Gasteiger partial charge in [0.2, 0.25) is 0 Å². The molecule has 1 heterocycles. The predicted octanol–water partition coefficient (Wildman–Crippen LogP) is 2.68. The maximum atomic E-state index is 4.42. The van der Waals surface area contributed by atoms with E-state index in [1.165, 1.54) is 19.3 Å². The van der Waals surface area contributed by atoms with Gasteiger partial charge in [0, 0.05) is 30.7 Å². The van der Waals surface area contributed by atoms with Crippen LogP contribution in [0.4, 0.5) is 0 Å². The fraction of sp³-hybridized carbons (Fsp3) is 0.769. The summed E-state index contributed by atoms with van der Waals surface area (Å²) in [5.41, 5.74) is 0.385. The summed E-state index contributed by atoms with van der Waals surface area (Å²) in [5.74, 6) is 0. The standard InChI is InChI=1S/C13H23N3S/c1-13(2)7-5-6-10(11(13)14-3)17-12-15-8-9-16(12)4/h8-11,14H,5-7H2,1-4H3. The zero-order valence-corrected chi connectivity index (χ0v) is 12.0. The summed E-state index contributed by atoms with van der Waals surface area (Å²) in [7, 11) is 4.15. The summed E-state index contributed by atoms with van der Waals surface area (Å²) in [6.45, 7) is 4.75. The maximum Gasteiger partial charge on any atom is 0.167 e. The molecule has 3 nitrogen and oxygen atoms in total. The molecular formula is C13H23N3S. The molecule has 4 heteroatoms. The number of hydrogen-bond donors (Lipinski definition) is 1. The summed E-state index contributed by atoms with van der Waals surface area (Å²) < 4.78 is 2.11. The smallest absolute Gasteiger partial charge is 0.167 e. The second-order valence-corrected chi connectivity index (χ2v) is 6.83. The van der Waals surface area contributed by atoms with Crippen molar-refractivity contribution in [3.63, 3.8) is 0 Å². The number of aromatic nitrogens is 2. The molecule has 1 aliphatic rings. The van der Waals surface area contributed by atoms with Gasteiger partial charge in [0.05, 0.1) is 0 Å². The highest BCUT2D eigenvalue weighted by Crippen LogP contribution is 2.42. The van der Waals surface area contributed by atoms with Gasteiger partial charge in [-0.15, -0.1) is 0 Å². The first-order chi connectivity index (χ1) is 8.04. The second-order valence-electron chi connectivity index (χ2n) is 5.62. The van der Waals surface area contributed by atoms with Crippen LogP contribution in [0, 0.1) is 5.41 Å². The Bertz CT molecular complexity index is 372. The van der Waals surface area contributed by atoms with Crippen LogP contribution in [-0.2, 0) is 7.05 Å². The fourth-order valence-electron chi connectivity index (χ4n) is 2.89. The van der Waals surface area contributed by atoms with Crippen molar-refractivity contribution in [2.45, 2.75) is 49.6 Å². The molecule has 1 aromatic heterocycles. The molecule has 0 bridgehead atoms. The van der Waals surface area contributed by atoms with Gasteiger partial charge < -0.3 is 9.88 Å². The maximum absolute atomic E-state index is 4.42. The van der Waals surface area contributed by atoms with Crippen molar-refractivity contribution in [3.8, 4) is 0 Å². The molecule has 1 aromatic rings. The van der Waals surface area contributed by atoms with E-state index >= 15 is 0 Å². The molecule has 1 fully saturated rings. The van der Waals surface area contributed by atoms with Gasteiger partial charge in [0.25, 0.3) is 0 Å². The van der Waals surface area contributed by atoms with Crippen molar-refractivity contribution in [1.82, 2.24) is 14.9 Å². The monoisotopic (exact) mass is 253 g/mol. The van der Waals surface area contributed by atoms with Crippen LogP contribution in [-0.4, -0.2) is 27.9 Å². The molecule has 2 unspecified atom stereocenters. The van der Waals surface area contributed by atoms with Crippen LogP contribution < -0.4 is 5.32 Å². The molecule has 0 amide bonds. The van der Waals surface area contributed by atoms with E-state index in [0.717, 1.165) is 5.16 Å². The molecule has 1 aliphatic carbocycles. The van der Waals surface area contributed by atoms with Crippen LogP contribution in [0.5, 0.6) is 0 Å². The predicted molar refractivity (Wildman–Crippen MR) is 73.3 cm³/mol. The molecule has 17 heavy (non-hydrogen) atoms. The first kappa shape index (κ1) is 13.0. The lowest BCUT2D eigenvalue weighted by molar-refractivity contribution is 0.182. The van der Waals surface area contributed by atoms with Gasteiger partial charge >= 0.3 is 0 Å². The first-order valence-corrected chi connectivity index (χ1v) is 7.24. The molecule has 1 N–H and O–H groups in total. The quantitative estimate of drug-likeness (QED) is 0.898. The second kappa shape index (κ2) is 5.02. The van der Waals surface area contributed by atoms with Crippen molar-refractivity contribution in [2.24, 2.45) is 12.5 Å². The Labute approximate surface area is 108 Å². The van der Waals surface area contributed by atoms with E-state index in [1.54, 1.807) is 0 Å². The Morgan fingerprint density at radius 2 is 2.29 bits per heavy atom. The molecule has 0 aromatic carbocycles. The van der Waals surface area contributed by atoms with E-state index < -0.39 is 0 Å². The van der Waals surface area contributed by atoms with Gasteiger partial charge in [-0.2, -0.15) is 0 Å². The van der Waals surface area contributed by atoms with Crippen LogP contribution >= 0.6 is 11.8 Å². The Hall–Kier alpha value is -0.480. The van der Waals surface area contributed by atoms with Crippen LogP contribution in [0.25, 0.3) is 0 Å². The molecule has 1 saturated carbocycles. The zero-order chi connectivity index (χ0) is 12.5. The lowest BCUT2D eigenvalue weighted by atomic mass is 9.73. The number of nitrogens with one attached hydrogen (secondary N) is 1. The third-order valence-electron chi connectivity index (χ3n) is 3.87. The normalized spacial score (nSPS) is 28.2. The molecular weight excluding hydrogens is 230 g/mol. The lowest BCUT2D eigenvalue weighted by Gasteiger charge is -2.43. The third-order valence-corrected chi connectivity index (χ3v) is 5.28. The van der Waals surface area contributed by atoms with E-state index in [1.807, 2.05) is 24.2 Å². The van der Waals surface area contributed by atoms with Crippen LogP contribution in [0.2, 0.25) is 0 Å². The number of hydrogen-bond acceptors (Lipinski definition) is 3. The fourth-order valence-corrected chi connectivity index (χ4v) is 4.43. The molecule has 2 atom stereocenters.